The van der Waals surface area contributed by atoms with E-state index < -0.39 is 0 Å². The zero-order valence-corrected chi connectivity index (χ0v) is 8.13. The van der Waals surface area contributed by atoms with Crippen molar-refractivity contribution in [2.24, 2.45) is 0 Å². The molecule has 0 aliphatic carbocycles. The number of carbonyl (C=O) groups excluding carboxylic acids is 1. The number of carbonyl (C=O) groups is 1. The number of nitrogens with one attached hydrogen (secondary N) is 1. The van der Waals surface area contributed by atoms with Crippen LogP contribution in [0.3, 0.4) is 0 Å². The van der Waals surface area contributed by atoms with Crippen molar-refractivity contribution in [2.45, 2.75) is 19.5 Å². The Bertz CT molecular complexity index is 333. The van der Waals surface area contributed by atoms with Crippen molar-refractivity contribution in [2.75, 3.05) is 0 Å². The van der Waals surface area contributed by atoms with Crippen molar-refractivity contribution >= 4 is 21.8 Å². The summed E-state index contributed by atoms with van der Waals surface area (Å²) in [7, 11) is 0. The number of fused-ring (bicyclic) bond motifs is 1. The van der Waals surface area contributed by atoms with Crippen LogP contribution in [0, 0.1) is 0 Å². The smallest absolute Gasteiger partial charge is 0.269 e. The molecule has 4 nitrogen and oxygen atoms in total. The highest BCUT2D eigenvalue weighted by Crippen LogP contribution is 2.14. The summed E-state index contributed by atoms with van der Waals surface area (Å²) in [6.07, 6.45) is 0. The predicted molar refractivity (Wildman–Crippen MR) is 46.9 cm³/mol. The van der Waals surface area contributed by atoms with E-state index in [0.29, 0.717) is 10.3 Å². The number of hydrogen-bond acceptors (Lipinski definition) is 2. The minimum Gasteiger partial charge on any atom is -0.346 e. The van der Waals surface area contributed by atoms with Crippen LogP contribution in [0.25, 0.3) is 0 Å². The van der Waals surface area contributed by atoms with E-state index in [1.807, 2.05) is 6.92 Å². The Morgan fingerprint density at radius 2 is 2.58 bits per heavy atom. The van der Waals surface area contributed by atoms with Crippen LogP contribution in [0.2, 0.25) is 0 Å². The summed E-state index contributed by atoms with van der Waals surface area (Å²) in [4.78, 5) is 11.3. The molecule has 1 N–H and O–H groups in total. The number of hydrogen-bond donors (Lipinski definition) is 1. The third kappa shape index (κ3) is 1.14. The molecule has 1 aliphatic heterocycles. The van der Waals surface area contributed by atoms with Gasteiger partial charge in [-0.1, -0.05) is 0 Å². The van der Waals surface area contributed by atoms with Gasteiger partial charge in [-0.25, -0.2) is 0 Å². The molecule has 1 aromatic heterocycles. The molecule has 64 valence electrons. The van der Waals surface area contributed by atoms with Crippen molar-refractivity contribution in [1.29, 1.82) is 0 Å². The summed E-state index contributed by atoms with van der Waals surface area (Å²) in [6, 6.07) is 1.89. The second-order valence-electron chi connectivity index (χ2n) is 2.91. The van der Waals surface area contributed by atoms with Crippen LogP contribution < -0.4 is 5.32 Å². The Morgan fingerprint density at radius 3 is 3.33 bits per heavy atom. The average Bonchev–Trinajstić information content (AvgIpc) is 2.29. The van der Waals surface area contributed by atoms with Gasteiger partial charge in [0.2, 0.25) is 0 Å². The Labute approximate surface area is 78.1 Å². The van der Waals surface area contributed by atoms with Crippen molar-refractivity contribution in [3.63, 3.8) is 0 Å². The number of aromatic nitrogens is 2. The molecule has 0 spiro atoms. The topological polar surface area (TPSA) is 46.9 Å². The van der Waals surface area contributed by atoms with E-state index in [0.717, 1.165) is 6.54 Å². The normalized spacial score (nSPS) is 21.8. The van der Waals surface area contributed by atoms with Gasteiger partial charge >= 0.3 is 0 Å². The first kappa shape index (κ1) is 7.79. The molecule has 1 atom stereocenters. The van der Waals surface area contributed by atoms with Gasteiger partial charge in [-0.05, 0) is 22.9 Å². The molecule has 0 aromatic carbocycles. The molecular weight excluding hydrogens is 222 g/mol. The molecular formula is C7H8BrN3O. The predicted octanol–water partition coefficient (Wildman–Crippen LogP) is 0.778. The average molecular weight is 230 g/mol. The summed E-state index contributed by atoms with van der Waals surface area (Å²) in [5, 5.41) is 6.95. The van der Waals surface area contributed by atoms with Gasteiger partial charge in [-0.2, -0.15) is 5.10 Å². The Hall–Kier alpha value is -0.840. The quantitative estimate of drug-likeness (QED) is 0.715. The van der Waals surface area contributed by atoms with E-state index >= 15 is 0 Å². The first-order valence-electron chi connectivity index (χ1n) is 3.71. The zero-order chi connectivity index (χ0) is 8.72. The fraction of sp³-hybridized carbons (Fsp3) is 0.429. The Balaban J connectivity index is 2.46. The SMILES string of the molecule is CC1Cn2nc(Br)cc2C(=O)N1. The highest BCUT2D eigenvalue weighted by atomic mass is 79.9. The summed E-state index contributed by atoms with van der Waals surface area (Å²) in [6.45, 7) is 2.70. The van der Waals surface area contributed by atoms with Crippen LogP contribution >= 0.6 is 15.9 Å². The van der Waals surface area contributed by atoms with Crippen molar-refractivity contribution in [3.05, 3.63) is 16.4 Å². The van der Waals surface area contributed by atoms with Crippen LogP contribution in [0.5, 0.6) is 0 Å². The minimum atomic E-state index is -0.0491. The van der Waals surface area contributed by atoms with Crippen molar-refractivity contribution in [1.82, 2.24) is 15.1 Å². The fourth-order valence-electron chi connectivity index (χ4n) is 1.31. The molecule has 1 unspecified atom stereocenters. The molecule has 2 rings (SSSR count). The largest absolute Gasteiger partial charge is 0.346 e. The van der Waals surface area contributed by atoms with Gasteiger partial charge in [0.1, 0.15) is 10.3 Å². The summed E-state index contributed by atoms with van der Waals surface area (Å²) < 4.78 is 2.43. The van der Waals surface area contributed by atoms with Crippen LogP contribution in [0.1, 0.15) is 17.4 Å². The van der Waals surface area contributed by atoms with Gasteiger partial charge in [0.05, 0.1) is 6.54 Å². The molecule has 1 amide bonds. The second kappa shape index (κ2) is 2.58. The number of nitrogens with zero attached hydrogens (tertiary/aromatic N) is 2. The Kier molecular flexibility index (Phi) is 1.68. The van der Waals surface area contributed by atoms with Crippen molar-refractivity contribution < 1.29 is 4.79 Å². The number of amides is 1. The molecule has 0 fully saturated rings. The van der Waals surface area contributed by atoms with Crippen LogP contribution in [0.15, 0.2) is 10.7 Å². The zero-order valence-electron chi connectivity index (χ0n) is 6.54. The standard InChI is InChI=1S/C7H8BrN3O/c1-4-3-11-5(7(12)9-4)2-6(8)10-11/h2,4H,3H2,1H3,(H,9,12). The molecule has 1 aliphatic rings. The van der Waals surface area contributed by atoms with Gasteiger partial charge in [-0.15, -0.1) is 0 Å². The number of halogens is 1. The summed E-state index contributed by atoms with van der Waals surface area (Å²) >= 11 is 3.23. The monoisotopic (exact) mass is 229 g/mol. The van der Waals surface area contributed by atoms with Gasteiger partial charge in [0.15, 0.2) is 0 Å². The maximum absolute atomic E-state index is 11.3. The molecule has 0 saturated heterocycles. The maximum Gasteiger partial charge on any atom is 0.269 e. The van der Waals surface area contributed by atoms with Crippen LogP contribution in [-0.4, -0.2) is 21.7 Å². The highest BCUT2D eigenvalue weighted by Gasteiger charge is 2.22. The van der Waals surface area contributed by atoms with Gasteiger partial charge in [0.25, 0.3) is 5.91 Å². The lowest BCUT2D eigenvalue weighted by molar-refractivity contribution is 0.0901. The molecule has 1 aromatic rings. The lowest BCUT2D eigenvalue weighted by Crippen LogP contribution is -2.42. The number of rotatable bonds is 0. The summed E-state index contributed by atoms with van der Waals surface area (Å²) in [5.41, 5.74) is 0.625. The van der Waals surface area contributed by atoms with Gasteiger partial charge < -0.3 is 5.32 Å². The molecule has 12 heavy (non-hydrogen) atoms. The molecule has 5 heteroatoms. The lowest BCUT2D eigenvalue weighted by atomic mass is 10.2. The van der Waals surface area contributed by atoms with E-state index in [1.54, 1.807) is 10.7 Å². The van der Waals surface area contributed by atoms with Crippen molar-refractivity contribution in [3.8, 4) is 0 Å². The molecule has 2 heterocycles. The van der Waals surface area contributed by atoms with E-state index in [-0.39, 0.29) is 11.9 Å². The molecule has 0 bridgehead atoms. The van der Waals surface area contributed by atoms with Crippen LogP contribution in [0.4, 0.5) is 0 Å². The fourth-order valence-corrected chi connectivity index (χ4v) is 1.72. The molecule has 0 radical (unpaired) electrons. The van der Waals surface area contributed by atoms with Gasteiger partial charge in [0, 0.05) is 12.1 Å². The highest BCUT2D eigenvalue weighted by molar-refractivity contribution is 9.10. The van der Waals surface area contributed by atoms with E-state index in [1.165, 1.54) is 0 Å². The van der Waals surface area contributed by atoms with E-state index in [4.69, 9.17) is 0 Å². The third-order valence-corrected chi connectivity index (χ3v) is 2.19. The third-order valence-electron chi connectivity index (χ3n) is 1.81. The first-order valence-corrected chi connectivity index (χ1v) is 4.50. The molecule has 0 saturated carbocycles. The Morgan fingerprint density at radius 1 is 1.83 bits per heavy atom. The lowest BCUT2D eigenvalue weighted by Gasteiger charge is -2.20. The summed E-state index contributed by atoms with van der Waals surface area (Å²) in [5.74, 6) is -0.0491. The van der Waals surface area contributed by atoms with E-state index in [2.05, 4.69) is 26.3 Å². The second-order valence-corrected chi connectivity index (χ2v) is 3.72. The minimum absolute atomic E-state index is 0.0491. The first-order chi connectivity index (χ1) is 5.66. The van der Waals surface area contributed by atoms with Crippen LogP contribution in [-0.2, 0) is 6.54 Å². The van der Waals surface area contributed by atoms with Gasteiger partial charge in [-0.3, -0.25) is 9.48 Å². The van der Waals surface area contributed by atoms with E-state index in [9.17, 15) is 4.79 Å². The maximum atomic E-state index is 11.3.